The third-order valence-corrected chi connectivity index (χ3v) is 3.60. The van der Waals surface area contributed by atoms with Gasteiger partial charge in [0.25, 0.3) is 0 Å². The summed E-state index contributed by atoms with van der Waals surface area (Å²) >= 11 is 0. The zero-order valence-electron chi connectivity index (χ0n) is 9.61. The number of aliphatic hydroxyl groups excluding tert-OH is 1. The number of aliphatic hydroxyl groups is 1. The molecule has 0 radical (unpaired) electrons. The molecular weight excluding hydrogens is 216 g/mol. The van der Waals surface area contributed by atoms with Crippen molar-refractivity contribution in [2.24, 2.45) is 0 Å². The number of rotatable bonds is 3. The molecule has 3 N–H and O–H groups in total. The SMILES string of the molecule is OCC1(Nc2ncnc3[nH]ccc23)CCCC1. The van der Waals surface area contributed by atoms with Gasteiger partial charge in [-0.3, -0.25) is 0 Å². The highest BCUT2D eigenvalue weighted by atomic mass is 16.3. The van der Waals surface area contributed by atoms with Crippen molar-refractivity contribution in [3.05, 3.63) is 18.6 Å². The van der Waals surface area contributed by atoms with Crippen LogP contribution in [-0.4, -0.2) is 32.2 Å². The summed E-state index contributed by atoms with van der Waals surface area (Å²) in [6.07, 6.45) is 7.72. The quantitative estimate of drug-likeness (QED) is 0.752. The van der Waals surface area contributed by atoms with Crippen molar-refractivity contribution >= 4 is 16.9 Å². The third-order valence-electron chi connectivity index (χ3n) is 3.60. The molecule has 90 valence electrons. The van der Waals surface area contributed by atoms with E-state index in [1.165, 1.54) is 0 Å². The van der Waals surface area contributed by atoms with Gasteiger partial charge in [-0.2, -0.15) is 0 Å². The Morgan fingerprint density at radius 2 is 2.18 bits per heavy atom. The van der Waals surface area contributed by atoms with Gasteiger partial charge in [0, 0.05) is 6.20 Å². The largest absolute Gasteiger partial charge is 0.394 e. The van der Waals surface area contributed by atoms with E-state index in [9.17, 15) is 5.11 Å². The van der Waals surface area contributed by atoms with Crippen molar-refractivity contribution in [3.8, 4) is 0 Å². The monoisotopic (exact) mass is 232 g/mol. The topological polar surface area (TPSA) is 73.8 Å². The van der Waals surface area contributed by atoms with Gasteiger partial charge in [-0.25, -0.2) is 9.97 Å². The van der Waals surface area contributed by atoms with Crippen molar-refractivity contribution in [3.63, 3.8) is 0 Å². The standard InChI is InChI=1S/C12H16N4O/c17-7-12(4-1-2-5-12)16-11-9-3-6-13-10(9)14-8-15-11/h3,6,8,17H,1-2,4-5,7H2,(H2,13,14,15,16). The van der Waals surface area contributed by atoms with Gasteiger partial charge in [-0.15, -0.1) is 0 Å². The molecule has 0 unspecified atom stereocenters. The van der Waals surface area contributed by atoms with Crippen molar-refractivity contribution < 1.29 is 5.11 Å². The first-order chi connectivity index (χ1) is 8.33. The van der Waals surface area contributed by atoms with Gasteiger partial charge in [0.2, 0.25) is 0 Å². The Morgan fingerprint density at radius 3 is 2.94 bits per heavy atom. The van der Waals surface area contributed by atoms with Gasteiger partial charge in [-0.1, -0.05) is 12.8 Å². The van der Waals surface area contributed by atoms with Crippen molar-refractivity contribution in [2.45, 2.75) is 31.2 Å². The van der Waals surface area contributed by atoms with Crippen LogP contribution in [-0.2, 0) is 0 Å². The van der Waals surface area contributed by atoms with Gasteiger partial charge in [0.1, 0.15) is 17.8 Å². The molecule has 0 saturated heterocycles. The lowest BCUT2D eigenvalue weighted by atomic mass is 9.99. The summed E-state index contributed by atoms with van der Waals surface area (Å²) < 4.78 is 0. The molecule has 3 rings (SSSR count). The predicted octanol–water partition coefficient (Wildman–Crippen LogP) is 1.67. The van der Waals surface area contributed by atoms with Crippen LogP contribution in [0.3, 0.4) is 0 Å². The maximum atomic E-state index is 9.59. The molecule has 1 fully saturated rings. The van der Waals surface area contributed by atoms with Crippen LogP contribution in [0, 0.1) is 0 Å². The lowest BCUT2D eigenvalue weighted by Gasteiger charge is -2.28. The van der Waals surface area contributed by atoms with Crippen LogP contribution in [0.15, 0.2) is 18.6 Å². The number of fused-ring (bicyclic) bond motifs is 1. The first-order valence-electron chi connectivity index (χ1n) is 6.00. The summed E-state index contributed by atoms with van der Waals surface area (Å²) in [5.41, 5.74) is 0.632. The van der Waals surface area contributed by atoms with Crippen LogP contribution < -0.4 is 5.32 Å². The Labute approximate surface area is 99.3 Å². The number of nitrogens with zero attached hydrogens (tertiary/aromatic N) is 2. The Bertz CT molecular complexity index is 516. The zero-order chi connectivity index (χ0) is 11.7. The van der Waals surface area contributed by atoms with Gasteiger partial charge >= 0.3 is 0 Å². The Kier molecular flexibility index (Phi) is 2.48. The number of aromatic amines is 1. The molecule has 1 aliphatic rings. The van der Waals surface area contributed by atoms with Crippen LogP contribution in [0.25, 0.3) is 11.0 Å². The minimum atomic E-state index is -0.196. The molecule has 0 bridgehead atoms. The Morgan fingerprint density at radius 1 is 1.35 bits per heavy atom. The Balaban J connectivity index is 1.96. The predicted molar refractivity (Wildman–Crippen MR) is 65.8 cm³/mol. The fourth-order valence-corrected chi connectivity index (χ4v) is 2.60. The minimum Gasteiger partial charge on any atom is -0.394 e. The summed E-state index contributed by atoms with van der Waals surface area (Å²) in [4.78, 5) is 11.5. The number of nitrogens with one attached hydrogen (secondary N) is 2. The van der Waals surface area contributed by atoms with Crippen molar-refractivity contribution in [2.75, 3.05) is 11.9 Å². The molecule has 17 heavy (non-hydrogen) atoms. The highest BCUT2D eigenvalue weighted by Crippen LogP contribution is 2.33. The first-order valence-corrected chi connectivity index (χ1v) is 6.00. The van der Waals surface area contributed by atoms with E-state index in [-0.39, 0.29) is 12.1 Å². The zero-order valence-corrected chi connectivity index (χ0v) is 9.61. The van der Waals surface area contributed by atoms with Crippen molar-refractivity contribution in [1.82, 2.24) is 15.0 Å². The summed E-state index contributed by atoms with van der Waals surface area (Å²) in [6, 6.07) is 1.96. The second-order valence-corrected chi connectivity index (χ2v) is 4.73. The molecule has 0 aliphatic heterocycles. The van der Waals surface area contributed by atoms with Crippen LogP contribution >= 0.6 is 0 Å². The van der Waals surface area contributed by atoms with E-state index in [1.54, 1.807) is 6.33 Å². The number of aromatic nitrogens is 3. The molecule has 2 heterocycles. The number of hydrogen-bond donors (Lipinski definition) is 3. The maximum Gasteiger partial charge on any atom is 0.142 e. The fourth-order valence-electron chi connectivity index (χ4n) is 2.60. The average Bonchev–Trinajstić information content (AvgIpc) is 2.98. The van der Waals surface area contributed by atoms with E-state index in [0.717, 1.165) is 42.5 Å². The summed E-state index contributed by atoms with van der Waals surface area (Å²) in [5.74, 6) is 0.812. The van der Waals surface area contributed by atoms with Gasteiger partial charge in [0.15, 0.2) is 0 Å². The summed E-state index contributed by atoms with van der Waals surface area (Å²) in [7, 11) is 0. The van der Waals surface area contributed by atoms with Gasteiger partial charge < -0.3 is 15.4 Å². The summed E-state index contributed by atoms with van der Waals surface area (Å²) in [5, 5.41) is 14.0. The minimum absolute atomic E-state index is 0.156. The third kappa shape index (κ3) is 1.76. The number of H-pyrrole nitrogens is 1. The number of anilines is 1. The van der Waals surface area contributed by atoms with Crippen LogP contribution in [0.2, 0.25) is 0 Å². The van der Waals surface area contributed by atoms with E-state index < -0.39 is 0 Å². The molecule has 1 aliphatic carbocycles. The van der Waals surface area contributed by atoms with Gasteiger partial charge in [-0.05, 0) is 18.9 Å². The first kappa shape index (κ1) is 10.5. The lowest BCUT2D eigenvalue weighted by molar-refractivity contribution is 0.214. The number of hydrogen-bond acceptors (Lipinski definition) is 4. The van der Waals surface area contributed by atoms with E-state index in [4.69, 9.17) is 0 Å². The molecule has 0 spiro atoms. The average molecular weight is 232 g/mol. The van der Waals surface area contributed by atoms with Crippen molar-refractivity contribution in [1.29, 1.82) is 0 Å². The second kappa shape index (κ2) is 4.00. The molecule has 0 amide bonds. The van der Waals surface area contributed by atoms with Crippen LogP contribution in [0.1, 0.15) is 25.7 Å². The van der Waals surface area contributed by atoms with Gasteiger partial charge in [0.05, 0.1) is 17.5 Å². The highest BCUT2D eigenvalue weighted by Gasteiger charge is 2.33. The molecule has 0 atom stereocenters. The van der Waals surface area contributed by atoms with E-state index in [2.05, 4.69) is 20.3 Å². The lowest BCUT2D eigenvalue weighted by Crippen LogP contribution is -2.39. The normalized spacial score (nSPS) is 18.6. The van der Waals surface area contributed by atoms with E-state index in [1.807, 2.05) is 12.3 Å². The maximum absolute atomic E-state index is 9.59. The van der Waals surface area contributed by atoms with Crippen LogP contribution in [0.4, 0.5) is 5.82 Å². The smallest absolute Gasteiger partial charge is 0.142 e. The highest BCUT2D eigenvalue weighted by molar-refractivity contribution is 5.86. The fraction of sp³-hybridized carbons (Fsp3) is 0.500. The molecule has 1 saturated carbocycles. The molecular formula is C12H16N4O. The molecule has 0 aromatic carbocycles. The molecule has 2 aromatic heterocycles. The molecule has 5 nitrogen and oxygen atoms in total. The second-order valence-electron chi connectivity index (χ2n) is 4.73. The summed E-state index contributed by atoms with van der Waals surface area (Å²) in [6.45, 7) is 0.156. The Hall–Kier alpha value is -1.62. The van der Waals surface area contributed by atoms with E-state index >= 15 is 0 Å². The molecule has 5 heteroatoms. The van der Waals surface area contributed by atoms with E-state index in [0.29, 0.717) is 0 Å². The molecule has 2 aromatic rings. The van der Waals surface area contributed by atoms with Crippen LogP contribution in [0.5, 0.6) is 0 Å².